The quantitative estimate of drug-likeness (QED) is 0.509. The normalized spacial score (nSPS) is 10.9. The van der Waals surface area contributed by atoms with Crippen LogP contribution >= 0.6 is 0 Å². The molecule has 0 amide bonds. The van der Waals surface area contributed by atoms with Crippen molar-refractivity contribution in [1.29, 1.82) is 0 Å². The van der Waals surface area contributed by atoms with E-state index >= 15 is 0 Å². The van der Waals surface area contributed by atoms with Crippen LogP contribution in [0.2, 0.25) is 0 Å². The highest BCUT2D eigenvalue weighted by atomic mass is 16.5. The lowest BCUT2D eigenvalue weighted by atomic mass is 10.2. The number of ether oxygens (including phenoxy) is 1. The van der Waals surface area contributed by atoms with Crippen LogP contribution in [0.4, 0.5) is 5.82 Å². The third-order valence-corrected chi connectivity index (χ3v) is 2.75. The van der Waals surface area contributed by atoms with Crippen molar-refractivity contribution in [2.24, 2.45) is 5.84 Å². The van der Waals surface area contributed by atoms with E-state index in [0.717, 1.165) is 22.2 Å². The number of nitrogens with two attached hydrogens (primary N) is 1. The molecular formula is C11H11N5O. The molecule has 86 valence electrons. The molecule has 0 fully saturated rings. The van der Waals surface area contributed by atoms with Crippen LogP contribution in [-0.2, 0) is 0 Å². The molecule has 0 aliphatic rings. The number of aromatic nitrogens is 3. The standard InChI is InChI=1S/C11H11N5O/c1-17-8-2-3-9-7(4-8)5-10-11(14-12)15-13-6-16(9)10/h2-6H,12H2,1H3,(H,14,15). The molecule has 2 heterocycles. The van der Waals surface area contributed by atoms with E-state index in [1.807, 2.05) is 28.7 Å². The number of hydrazine groups is 1. The molecular weight excluding hydrogens is 218 g/mol. The summed E-state index contributed by atoms with van der Waals surface area (Å²) in [4.78, 5) is 0. The van der Waals surface area contributed by atoms with Gasteiger partial charge >= 0.3 is 0 Å². The van der Waals surface area contributed by atoms with Crippen LogP contribution in [0.15, 0.2) is 30.6 Å². The van der Waals surface area contributed by atoms with Gasteiger partial charge in [0.15, 0.2) is 5.82 Å². The minimum atomic E-state index is 0.544. The van der Waals surface area contributed by atoms with Gasteiger partial charge < -0.3 is 10.2 Å². The molecule has 3 aromatic rings. The number of hydrogen-bond acceptors (Lipinski definition) is 5. The van der Waals surface area contributed by atoms with Gasteiger partial charge in [0.2, 0.25) is 0 Å². The second kappa shape index (κ2) is 3.60. The van der Waals surface area contributed by atoms with E-state index in [4.69, 9.17) is 10.6 Å². The first kappa shape index (κ1) is 9.86. The van der Waals surface area contributed by atoms with Crippen LogP contribution in [0.25, 0.3) is 16.4 Å². The van der Waals surface area contributed by atoms with E-state index in [2.05, 4.69) is 15.6 Å². The van der Waals surface area contributed by atoms with Crippen molar-refractivity contribution in [3.05, 3.63) is 30.6 Å². The van der Waals surface area contributed by atoms with Crippen molar-refractivity contribution >= 4 is 22.2 Å². The fourth-order valence-electron chi connectivity index (χ4n) is 1.94. The van der Waals surface area contributed by atoms with Gasteiger partial charge in [-0.3, -0.25) is 4.40 Å². The van der Waals surface area contributed by atoms with Gasteiger partial charge in [-0.1, -0.05) is 0 Å². The molecule has 6 nitrogen and oxygen atoms in total. The predicted molar refractivity (Wildman–Crippen MR) is 64.9 cm³/mol. The van der Waals surface area contributed by atoms with Gasteiger partial charge in [-0.2, -0.15) is 0 Å². The SMILES string of the molecule is COc1ccc2c(c1)cc1c(NN)nncn12. The van der Waals surface area contributed by atoms with Gasteiger partial charge in [0.25, 0.3) is 0 Å². The summed E-state index contributed by atoms with van der Waals surface area (Å²) in [5, 5.41) is 8.86. The van der Waals surface area contributed by atoms with Gasteiger partial charge in [0.05, 0.1) is 18.1 Å². The molecule has 0 unspecified atom stereocenters. The maximum Gasteiger partial charge on any atom is 0.187 e. The number of rotatable bonds is 2. The lowest BCUT2D eigenvalue weighted by molar-refractivity contribution is 0.415. The maximum atomic E-state index is 5.40. The molecule has 0 aliphatic carbocycles. The average molecular weight is 229 g/mol. The highest BCUT2D eigenvalue weighted by Crippen LogP contribution is 2.26. The fourth-order valence-corrected chi connectivity index (χ4v) is 1.94. The smallest absolute Gasteiger partial charge is 0.187 e. The molecule has 6 heteroatoms. The Kier molecular flexibility index (Phi) is 2.09. The fraction of sp³-hybridized carbons (Fsp3) is 0.0909. The minimum absolute atomic E-state index is 0.544. The molecule has 0 spiro atoms. The summed E-state index contributed by atoms with van der Waals surface area (Å²) in [6, 6.07) is 7.83. The van der Waals surface area contributed by atoms with Gasteiger partial charge in [-0.05, 0) is 24.3 Å². The second-order valence-electron chi connectivity index (χ2n) is 3.65. The molecule has 0 saturated carbocycles. The Labute approximate surface area is 97.0 Å². The average Bonchev–Trinajstić information content (AvgIpc) is 2.75. The number of hydrogen-bond donors (Lipinski definition) is 2. The molecule has 0 bridgehead atoms. The van der Waals surface area contributed by atoms with E-state index in [-0.39, 0.29) is 0 Å². The van der Waals surface area contributed by atoms with Gasteiger partial charge in [0.1, 0.15) is 12.1 Å². The van der Waals surface area contributed by atoms with Gasteiger partial charge in [0, 0.05) is 5.39 Å². The van der Waals surface area contributed by atoms with E-state index in [0.29, 0.717) is 5.82 Å². The van der Waals surface area contributed by atoms with Gasteiger partial charge in [-0.25, -0.2) is 5.84 Å². The van der Waals surface area contributed by atoms with Crippen molar-refractivity contribution in [1.82, 2.24) is 14.6 Å². The number of methoxy groups -OCH3 is 1. The largest absolute Gasteiger partial charge is 0.497 e. The van der Waals surface area contributed by atoms with E-state index in [1.54, 1.807) is 13.4 Å². The predicted octanol–water partition coefficient (Wildman–Crippen LogP) is 1.18. The first-order valence-electron chi connectivity index (χ1n) is 5.10. The van der Waals surface area contributed by atoms with Crippen LogP contribution in [0.5, 0.6) is 5.75 Å². The van der Waals surface area contributed by atoms with Gasteiger partial charge in [-0.15, -0.1) is 10.2 Å². The van der Waals surface area contributed by atoms with Crippen molar-refractivity contribution < 1.29 is 4.74 Å². The maximum absolute atomic E-state index is 5.40. The molecule has 1 aromatic carbocycles. The Morgan fingerprint density at radius 2 is 2.18 bits per heavy atom. The first-order chi connectivity index (χ1) is 8.33. The highest BCUT2D eigenvalue weighted by Gasteiger charge is 2.08. The van der Waals surface area contributed by atoms with Crippen molar-refractivity contribution in [2.45, 2.75) is 0 Å². The Balaban J connectivity index is 2.40. The van der Waals surface area contributed by atoms with E-state index in [1.165, 1.54) is 0 Å². The summed E-state index contributed by atoms with van der Waals surface area (Å²) in [6.45, 7) is 0. The summed E-state index contributed by atoms with van der Waals surface area (Å²) >= 11 is 0. The summed E-state index contributed by atoms with van der Waals surface area (Å²) < 4.78 is 7.12. The third-order valence-electron chi connectivity index (χ3n) is 2.75. The lowest BCUT2D eigenvalue weighted by Gasteiger charge is -2.01. The molecule has 0 atom stereocenters. The molecule has 3 N–H and O–H groups in total. The Morgan fingerprint density at radius 3 is 2.94 bits per heavy atom. The second-order valence-corrected chi connectivity index (χ2v) is 3.65. The molecule has 17 heavy (non-hydrogen) atoms. The van der Waals surface area contributed by atoms with E-state index < -0.39 is 0 Å². The molecule has 2 aromatic heterocycles. The Morgan fingerprint density at radius 1 is 1.29 bits per heavy atom. The molecule has 0 aliphatic heterocycles. The Hall–Kier alpha value is -2.34. The zero-order valence-electron chi connectivity index (χ0n) is 9.21. The monoisotopic (exact) mass is 229 g/mol. The Bertz CT molecular complexity index is 691. The summed E-state index contributed by atoms with van der Waals surface area (Å²) in [5.41, 5.74) is 4.45. The van der Waals surface area contributed by atoms with Crippen molar-refractivity contribution in [3.8, 4) is 5.75 Å². The van der Waals surface area contributed by atoms with Crippen LogP contribution in [0, 0.1) is 0 Å². The van der Waals surface area contributed by atoms with Crippen LogP contribution in [0.3, 0.4) is 0 Å². The first-order valence-corrected chi connectivity index (χ1v) is 5.10. The molecule has 3 rings (SSSR count). The number of anilines is 1. The summed E-state index contributed by atoms with van der Waals surface area (Å²) in [7, 11) is 1.65. The van der Waals surface area contributed by atoms with Crippen LogP contribution in [0.1, 0.15) is 0 Å². The lowest BCUT2D eigenvalue weighted by Crippen LogP contribution is -2.10. The number of fused-ring (bicyclic) bond motifs is 3. The zero-order chi connectivity index (χ0) is 11.8. The number of nitrogens with zero attached hydrogens (tertiary/aromatic N) is 3. The van der Waals surface area contributed by atoms with E-state index in [9.17, 15) is 0 Å². The number of nitrogens with one attached hydrogen (secondary N) is 1. The summed E-state index contributed by atoms with van der Waals surface area (Å²) in [6.07, 6.45) is 1.66. The third kappa shape index (κ3) is 1.38. The topological polar surface area (TPSA) is 77.5 Å². The number of nitrogen functional groups attached to an aromatic ring is 1. The van der Waals surface area contributed by atoms with Crippen molar-refractivity contribution in [2.75, 3.05) is 12.5 Å². The number of benzene rings is 1. The summed E-state index contributed by atoms with van der Waals surface area (Å²) in [5.74, 6) is 6.76. The highest BCUT2D eigenvalue weighted by molar-refractivity contribution is 5.91. The molecule has 0 radical (unpaired) electrons. The van der Waals surface area contributed by atoms with Crippen molar-refractivity contribution in [3.63, 3.8) is 0 Å². The molecule has 0 saturated heterocycles. The zero-order valence-corrected chi connectivity index (χ0v) is 9.21. The minimum Gasteiger partial charge on any atom is -0.497 e. The van der Waals surface area contributed by atoms with Crippen LogP contribution in [-0.4, -0.2) is 21.7 Å². The van der Waals surface area contributed by atoms with Crippen LogP contribution < -0.4 is 16.0 Å².